The number of nitrogens with zero attached hydrogens (tertiary/aromatic N) is 4. The first-order valence-electron chi connectivity index (χ1n) is 5.96. The second-order valence-electron chi connectivity index (χ2n) is 3.97. The molecule has 0 aromatic carbocycles. The van der Waals surface area contributed by atoms with Crippen LogP contribution in [0.5, 0.6) is 12.0 Å². The number of methoxy groups -OCH3 is 2. The highest BCUT2D eigenvalue weighted by Crippen LogP contribution is 2.11. The lowest BCUT2D eigenvalue weighted by Crippen LogP contribution is -2.20. The fourth-order valence-electron chi connectivity index (χ4n) is 1.18. The molecule has 0 spiro atoms. The number of ether oxygens (including phenoxy) is 3. The van der Waals surface area contributed by atoms with E-state index < -0.39 is 0 Å². The first-order valence-corrected chi connectivity index (χ1v) is 5.96. The van der Waals surface area contributed by atoms with Crippen LogP contribution in [0.15, 0.2) is 0 Å². The summed E-state index contributed by atoms with van der Waals surface area (Å²) in [6, 6.07) is 0.422. The van der Waals surface area contributed by atoms with Gasteiger partial charge in [-0.05, 0) is 14.1 Å². The SMILES string of the molecule is COc1nc(NCCOCCN(C)C)nc(OC)n1. The quantitative estimate of drug-likeness (QED) is 0.622. The van der Waals surface area contributed by atoms with Gasteiger partial charge in [0.1, 0.15) is 0 Å². The lowest BCUT2D eigenvalue weighted by atomic mass is 10.6. The number of aromatic nitrogens is 3. The number of rotatable bonds is 9. The van der Waals surface area contributed by atoms with Gasteiger partial charge in [0.25, 0.3) is 0 Å². The Morgan fingerprint density at radius 2 is 1.63 bits per heavy atom. The zero-order valence-corrected chi connectivity index (χ0v) is 11.8. The van der Waals surface area contributed by atoms with E-state index in [2.05, 4.69) is 25.2 Å². The summed E-state index contributed by atoms with van der Waals surface area (Å²) in [6.45, 7) is 2.76. The molecule has 0 fully saturated rings. The predicted molar refractivity (Wildman–Crippen MR) is 70.8 cm³/mol. The van der Waals surface area contributed by atoms with Crippen LogP contribution < -0.4 is 14.8 Å². The largest absolute Gasteiger partial charge is 0.467 e. The molecule has 0 radical (unpaired) electrons. The molecule has 0 aliphatic rings. The molecule has 0 aliphatic carbocycles. The highest BCUT2D eigenvalue weighted by atomic mass is 16.5. The molecular weight excluding hydrogens is 250 g/mol. The van der Waals surface area contributed by atoms with E-state index in [1.54, 1.807) is 0 Å². The fourth-order valence-corrected chi connectivity index (χ4v) is 1.18. The second kappa shape index (κ2) is 8.44. The van der Waals surface area contributed by atoms with E-state index in [0.29, 0.717) is 25.7 Å². The summed E-state index contributed by atoms with van der Waals surface area (Å²) in [7, 11) is 6.99. The van der Waals surface area contributed by atoms with Crippen LogP contribution in [0.2, 0.25) is 0 Å². The average Bonchev–Trinajstić information content (AvgIpc) is 2.41. The highest BCUT2D eigenvalue weighted by molar-refractivity contribution is 5.27. The van der Waals surface area contributed by atoms with Crippen LogP contribution in [0.25, 0.3) is 0 Å². The second-order valence-corrected chi connectivity index (χ2v) is 3.97. The van der Waals surface area contributed by atoms with Crippen LogP contribution in [0.1, 0.15) is 0 Å². The molecule has 0 aliphatic heterocycles. The van der Waals surface area contributed by atoms with Gasteiger partial charge in [-0.15, -0.1) is 4.98 Å². The van der Waals surface area contributed by atoms with E-state index in [1.807, 2.05) is 14.1 Å². The maximum Gasteiger partial charge on any atom is 0.324 e. The summed E-state index contributed by atoms with van der Waals surface area (Å²) in [5, 5.41) is 3.02. The molecule has 8 heteroatoms. The fraction of sp³-hybridized carbons (Fsp3) is 0.727. The Hall–Kier alpha value is -1.67. The normalized spacial score (nSPS) is 10.6. The van der Waals surface area contributed by atoms with Crippen LogP contribution in [-0.4, -0.2) is 74.5 Å². The third-order valence-electron chi connectivity index (χ3n) is 2.17. The first-order chi connectivity index (χ1) is 9.15. The van der Waals surface area contributed by atoms with Gasteiger partial charge < -0.3 is 24.4 Å². The standard InChI is InChI=1S/C11H21N5O3/c1-16(2)6-8-19-7-5-12-9-13-10(17-3)15-11(14-9)18-4/h5-8H2,1-4H3,(H,12,13,14,15). The summed E-state index contributed by atoms with van der Waals surface area (Å²) >= 11 is 0. The van der Waals surface area contributed by atoms with E-state index in [-0.39, 0.29) is 12.0 Å². The monoisotopic (exact) mass is 271 g/mol. The summed E-state index contributed by atoms with van der Waals surface area (Å²) in [5.74, 6) is 0.403. The molecule has 0 unspecified atom stereocenters. The van der Waals surface area contributed by atoms with Crippen molar-refractivity contribution in [3.8, 4) is 12.0 Å². The average molecular weight is 271 g/mol. The maximum absolute atomic E-state index is 5.44. The molecule has 0 amide bonds. The summed E-state index contributed by atoms with van der Waals surface area (Å²) in [6.07, 6.45) is 0. The molecule has 0 atom stereocenters. The van der Waals surface area contributed by atoms with E-state index >= 15 is 0 Å². The molecule has 0 bridgehead atoms. The van der Waals surface area contributed by atoms with Crippen molar-refractivity contribution in [2.24, 2.45) is 0 Å². The van der Waals surface area contributed by atoms with Crippen molar-refractivity contribution in [2.45, 2.75) is 0 Å². The van der Waals surface area contributed by atoms with Gasteiger partial charge in [-0.1, -0.05) is 0 Å². The van der Waals surface area contributed by atoms with Gasteiger partial charge in [0, 0.05) is 13.1 Å². The molecule has 1 aromatic heterocycles. The van der Waals surface area contributed by atoms with E-state index in [9.17, 15) is 0 Å². The van der Waals surface area contributed by atoms with E-state index in [4.69, 9.17) is 14.2 Å². The minimum absolute atomic E-state index is 0.211. The van der Waals surface area contributed by atoms with Crippen LogP contribution in [-0.2, 0) is 4.74 Å². The minimum Gasteiger partial charge on any atom is -0.467 e. The Bertz CT molecular complexity index is 353. The number of anilines is 1. The van der Waals surface area contributed by atoms with Gasteiger partial charge >= 0.3 is 12.0 Å². The molecule has 1 aromatic rings. The van der Waals surface area contributed by atoms with Crippen LogP contribution >= 0.6 is 0 Å². The molecular formula is C11H21N5O3. The summed E-state index contributed by atoms with van der Waals surface area (Å²) in [5.41, 5.74) is 0. The Morgan fingerprint density at radius 1 is 1.00 bits per heavy atom. The highest BCUT2D eigenvalue weighted by Gasteiger charge is 2.06. The molecule has 8 nitrogen and oxygen atoms in total. The van der Waals surface area contributed by atoms with Crippen LogP contribution in [0.4, 0.5) is 5.95 Å². The lowest BCUT2D eigenvalue weighted by Gasteiger charge is -2.10. The molecule has 0 saturated carbocycles. The smallest absolute Gasteiger partial charge is 0.324 e. The van der Waals surface area contributed by atoms with Crippen molar-refractivity contribution in [2.75, 3.05) is 59.9 Å². The van der Waals surface area contributed by atoms with Gasteiger partial charge in [0.15, 0.2) is 0 Å². The zero-order valence-electron chi connectivity index (χ0n) is 11.8. The van der Waals surface area contributed by atoms with Crippen molar-refractivity contribution in [1.29, 1.82) is 0 Å². The van der Waals surface area contributed by atoms with Crippen molar-refractivity contribution in [3.63, 3.8) is 0 Å². The van der Waals surface area contributed by atoms with Crippen molar-refractivity contribution in [1.82, 2.24) is 19.9 Å². The third-order valence-corrected chi connectivity index (χ3v) is 2.17. The maximum atomic E-state index is 5.44. The minimum atomic E-state index is 0.211. The van der Waals surface area contributed by atoms with Gasteiger partial charge in [0.05, 0.1) is 27.4 Å². The van der Waals surface area contributed by atoms with Gasteiger partial charge in [-0.25, -0.2) is 0 Å². The first kappa shape index (κ1) is 15.4. The molecule has 1 heterocycles. The van der Waals surface area contributed by atoms with Crippen molar-refractivity contribution in [3.05, 3.63) is 0 Å². The van der Waals surface area contributed by atoms with Crippen LogP contribution in [0.3, 0.4) is 0 Å². The topological polar surface area (TPSA) is 81.6 Å². The molecule has 108 valence electrons. The summed E-state index contributed by atoms with van der Waals surface area (Å²) < 4.78 is 15.3. The van der Waals surface area contributed by atoms with Gasteiger partial charge in [-0.3, -0.25) is 0 Å². The number of nitrogens with one attached hydrogen (secondary N) is 1. The summed E-state index contributed by atoms with van der Waals surface area (Å²) in [4.78, 5) is 14.1. The van der Waals surface area contributed by atoms with Crippen LogP contribution in [0, 0.1) is 0 Å². The predicted octanol–water partition coefficient (Wildman–Crippen LogP) is -0.121. The Morgan fingerprint density at radius 3 is 2.16 bits per heavy atom. The van der Waals surface area contributed by atoms with Gasteiger partial charge in [0.2, 0.25) is 5.95 Å². The Kier molecular flexibility index (Phi) is 6.83. The number of likely N-dealkylation sites (N-methyl/N-ethyl adjacent to an activating group) is 1. The molecule has 0 saturated heterocycles. The lowest BCUT2D eigenvalue weighted by molar-refractivity contribution is 0.126. The molecule has 1 rings (SSSR count). The van der Waals surface area contributed by atoms with E-state index in [1.165, 1.54) is 14.2 Å². The van der Waals surface area contributed by atoms with Crippen molar-refractivity contribution < 1.29 is 14.2 Å². The van der Waals surface area contributed by atoms with Crippen molar-refractivity contribution >= 4 is 5.95 Å². The number of hydrogen-bond acceptors (Lipinski definition) is 8. The van der Waals surface area contributed by atoms with Gasteiger partial charge in [-0.2, -0.15) is 9.97 Å². The third kappa shape index (κ3) is 6.16. The Labute approximate surface area is 113 Å². The van der Waals surface area contributed by atoms with E-state index in [0.717, 1.165) is 6.54 Å². The zero-order chi connectivity index (χ0) is 14.1. The Balaban J connectivity index is 2.32. The number of hydrogen-bond donors (Lipinski definition) is 1. The molecule has 1 N–H and O–H groups in total. The molecule has 19 heavy (non-hydrogen) atoms.